The molecule has 1 N–H and O–H groups in total. The number of rotatable bonds is 1. The summed E-state index contributed by atoms with van der Waals surface area (Å²) in [5.41, 5.74) is 1.84. The summed E-state index contributed by atoms with van der Waals surface area (Å²) >= 11 is 0. The zero-order valence-corrected chi connectivity index (χ0v) is 43.0. The van der Waals surface area contributed by atoms with Gasteiger partial charge >= 0.3 is 0 Å². The third-order valence-electron chi connectivity index (χ3n) is 16.3. The van der Waals surface area contributed by atoms with Gasteiger partial charge in [0.05, 0.1) is 0 Å². The maximum atomic E-state index is 12.0. The number of nitrogens with zero attached hydrogens (tertiary/aromatic N) is 1. The van der Waals surface area contributed by atoms with Gasteiger partial charge in [-0.2, -0.15) is 0 Å². The van der Waals surface area contributed by atoms with Gasteiger partial charge in [-0.1, -0.05) is 289 Å². The molecular formula is C60H114N2O. The summed E-state index contributed by atoms with van der Waals surface area (Å²) in [6.07, 6.45) is 76.7. The van der Waals surface area contributed by atoms with Crippen LogP contribution in [0.25, 0.3) is 0 Å². The molecule has 2 saturated heterocycles. The second kappa shape index (κ2) is 42.5. The third-order valence-corrected chi connectivity index (χ3v) is 16.3. The lowest BCUT2D eigenvalue weighted by Crippen LogP contribution is -2.41. The fourth-order valence-electron chi connectivity index (χ4n) is 11.7. The van der Waals surface area contributed by atoms with E-state index in [-0.39, 0.29) is 0 Å². The zero-order chi connectivity index (χ0) is 44.2. The molecular weight excluding hydrogens is 765 g/mol. The van der Waals surface area contributed by atoms with E-state index in [0.29, 0.717) is 11.2 Å². The van der Waals surface area contributed by atoms with Gasteiger partial charge < -0.3 is 10.2 Å². The standard InChI is InChI=1S/C60H114N2O/c63-59-48-47-58(57-59)62-55-51-60(52-56-62)49-45-43-41-39-37-35-33-31-29-27-25-23-21-19-17-15-13-11-9-7-5-3-1-2-4-6-8-10-12-14-16-18-20-22-24-26-28-30-32-34-36-38-40-42-44-46-53-61-54-50-60/h57,61H,1-56H2. The molecule has 1 aliphatic carbocycles. The number of allylic oxidation sites excluding steroid dienone is 2. The molecule has 0 amide bonds. The van der Waals surface area contributed by atoms with Crippen LogP contribution in [0.2, 0.25) is 0 Å². The minimum atomic E-state index is 0.345. The van der Waals surface area contributed by atoms with Gasteiger partial charge in [0.25, 0.3) is 0 Å². The molecule has 370 valence electrons. The number of hydrogen-bond donors (Lipinski definition) is 1. The van der Waals surface area contributed by atoms with Gasteiger partial charge in [0.2, 0.25) is 0 Å². The molecule has 0 unspecified atom stereocenters. The van der Waals surface area contributed by atoms with Gasteiger partial charge in [-0.05, 0) is 57.0 Å². The number of hydrogen-bond acceptors (Lipinski definition) is 3. The molecule has 1 spiro atoms. The molecule has 2 fully saturated rings. The molecule has 0 aromatic carbocycles. The fourth-order valence-corrected chi connectivity index (χ4v) is 11.7. The number of nitrogens with one attached hydrogen (secondary N) is 1. The van der Waals surface area contributed by atoms with Gasteiger partial charge in [0, 0.05) is 31.3 Å². The molecule has 0 bridgehead atoms. The van der Waals surface area contributed by atoms with Gasteiger partial charge in [0.1, 0.15) is 0 Å². The van der Waals surface area contributed by atoms with E-state index < -0.39 is 0 Å². The minimum absolute atomic E-state index is 0.345. The lowest BCUT2D eigenvalue weighted by Gasteiger charge is -2.43. The maximum Gasteiger partial charge on any atom is 0.157 e. The number of carbonyl (C=O) groups excluding carboxylic acids is 1. The Labute approximate surface area is 396 Å². The second-order valence-electron chi connectivity index (χ2n) is 22.1. The summed E-state index contributed by atoms with van der Waals surface area (Å²) in [7, 11) is 0. The highest BCUT2D eigenvalue weighted by Crippen LogP contribution is 2.41. The van der Waals surface area contributed by atoms with Crippen LogP contribution in [0.15, 0.2) is 11.8 Å². The molecule has 0 saturated carbocycles. The molecule has 3 heteroatoms. The van der Waals surface area contributed by atoms with Crippen molar-refractivity contribution in [3.05, 3.63) is 11.8 Å². The monoisotopic (exact) mass is 879 g/mol. The minimum Gasteiger partial charge on any atom is -0.375 e. The second-order valence-corrected chi connectivity index (χ2v) is 22.1. The highest BCUT2D eigenvalue weighted by atomic mass is 16.1. The normalized spacial score (nSPS) is 25.2. The molecule has 3 nitrogen and oxygen atoms in total. The van der Waals surface area contributed by atoms with Crippen molar-refractivity contribution in [2.24, 2.45) is 5.41 Å². The molecule has 63 heavy (non-hydrogen) atoms. The van der Waals surface area contributed by atoms with Crippen LogP contribution >= 0.6 is 0 Å². The predicted molar refractivity (Wildman–Crippen MR) is 280 cm³/mol. The first-order valence-corrected chi connectivity index (χ1v) is 30.0. The topological polar surface area (TPSA) is 32.3 Å². The summed E-state index contributed by atoms with van der Waals surface area (Å²) in [5.74, 6) is 0.345. The van der Waals surface area contributed by atoms with E-state index in [1.165, 1.54) is 353 Å². The van der Waals surface area contributed by atoms with Crippen LogP contribution in [0.4, 0.5) is 0 Å². The molecule has 3 aliphatic rings. The lowest BCUT2D eigenvalue weighted by atomic mass is 9.72. The molecule has 0 aromatic heterocycles. The van der Waals surface area contributed by atoms with Crippen LogP contribution in [0, 0.1) is 5.41 Å². The Morgan fingerprint density at radius 1 is 0.302 bits per heavy atom. The van der Waals surface area contributed by atoms with E-state index in [4.69, 9.17) is 0 Å². The van der Waals surface area contributed by atoms with E-state index in [0.717, 1.165) is 12.8 Å². The smallest absolute Gasteiger partial charge is 0.157 e. The summed E-state index contributed by atoms with van der Waals surface area (Å²) in [6.45, 7) is 4.73. The number of carbonyl (C=O) groups is 1. The number of piperidine rings is 1. The van der Waals surface area contributed by atoms with Gasteiger partial charge in [-0.15, -0.1) is 0 Å². The first kappa shape index (κ1) is 56.5. The SMILES string of the molecule is O=C1C=C(N2CCC3(CCCCCCCCCCCCCCCCCCCCCCCCCCCCCCCCCCCCCCCCCCCCCCCCNCC3)CC2)CC1. The molecule has 0 atom stereocenters. The van der Waals surface area contributed by atoms with Crippen molar-refractivity contribution < 1.29 is 4.79 Å². The van der Waals surface area contributed by atoms with Crippen molar-refractivity contribution in [2.45, 2.75) is 334 Å². The predicted octanol–water partition coefficient (Wildman–Crippen LogP) is 19.6. The summed E-state index contributed by atoms with van der Waals surface area (Å²) in [6, 6.07) is 0. The average Bonchev–Trinajstić information content (AvgIpc) is 3.74. The van der Waals surface area contributed by atoms with Crippen molar-refractivity contribution in [1.82, 2.24) is 10.2 Å². The Morgan fingerprint density at radius 3 is 0.841 bits per heavy atom. The van der Waals surface area contributed by atoms with Crippen LogP contribution in [0.1, 0.15) is 334 Å². The lowest BCUT2D eigenvalue weighted by molar-refractivity contribution is -0.114. The quantitative estimate of drug-likeness (QED) is 0.285. The fraction of sp³-hybridized carbons (Fsp3) is 0.950. The molecule has 3 rings (SSSR count). The van der Waals surface area contributed by atoms with Crippen molar-refractivity contribution in [3.8, 4) is 0 Å². The van der Waals surface area contributed by atoms with Crippen LogP contribution in [-0.4, -0.2) is 36.9 Å². The molecule has 2 aliphatic heterocycles. The van der Waals surface area contributed by atoms with E-state index in [2.05, 4.69) is 10.2 Å². The first-order chi connectivity index (χ1) is 31.3. The van der Waals surface area contributed by atoms with E-state index >= 15 is 0 Å². The number of ketones is 1. The Morgan fingerprint density at radius 2 is 0.571 bits per heavy atom. The van der Waals surface area contributed by atoms with Crippen molar-refractivity contribution in [1.29, 1.82) is 0 Å². The first-order valence-electron chi connectivity index (χ1n) is 30.0. The molecule has 0 radical (unpaired) electrons. The molecule has 0 aromatic rings. The maximum absolute atomic E-state index is 12.0. The number of likely N-dealkylation sites (tertiary alicyclic amines) is 1. The summed E-state index contributed by atoms with van der Waals surface area (Å²) < 4.78 is 0. The van der Waals surface area contributed by atoms with Crippen molar-refractivity contribution >= 4 is 5.78 Å². The van der Waals surface area contributed by atoms with Crippen LogP contribution in [0.3, 0.4) is 0 Å². The van der Waals surface area contributed by atoms with E-state index in [1.807, 2.05) is 6.08 Å². The van der Waals surface area contributed by atoms with E-state index in [9.17, 15) is 4.79 Å². The molecule has 2 heterocycles. The third kappa shape index (κ3) is 33.3. The van der Waals surface area contributed by atoms with Gasteiger partial charge in [0.15, 0.2) is 5.78 Å². The zero-order valence-electron chi connectivity index (χ0n) is 43.0. The summed E-state index contributed by atoms with van der Waals surface area (Å²) in [5, 5.41) is 3.89. The highest BCUT2D eigenvalue weighted by Gasteiger charge is 2.34. The Bertz CT molecular complexity index is 958. The highest BCUT2D eigenvalue weighted by molar-refractivity contribution is 5.92. The van der Waals surface area contributed by atoms with Crippen LogP contribution in [-0.2, 0) is 4.79 Å². The van der Waals surface area contributed by atoms with Crippen molar-refractivity contribution in [3.63, 3.8) is 0 Å². The van der Waals surface area contributed by atoms with Gasteiger partial charge in [-0.25, -0.2) is 0 Å². The van der Waals surface area contributed by atoms with Crippen LogP contribution < -0.4 is 5.32 Å². The van der Waals surface area contributed by atoms with Crippen LogP contribution in [0.5, 0.6) is 0 Å². The Balaban J connectivity index is 1.24. The Kier molecular flexibility index (Phi) is 38.1. The average molecular weight is 880 g/mol. The largest absolute Gasteiger partial charge is 0.375 e. The van der Waals surface area contributed by atoms with Crippen molar-refractivity contribution in [2.75, 3.05) is 26.2 Å². The van der Waals surface area contributed by atoms with E-state index in [1.54, 1.807) is 0 Å². The van der Waals surface area contributed by atoms with Gasteiger partial charge in [-0.3, -0.25) is 4.79 Å². The summed E-state index contributed by atoms with van der Waals surface area (Å²) in [4.78, 5) is 14.5. The Hall–Kier alpha value is -0.830.